The Morgan fingerprint density at radius 2 is 2.00 bits per heavy atom. The zero-order valence-corrected chi connectivity index (χ0v) is 7.52. The lowest BCUT2D eigenvalue weighted by Gasteiger charge is -2.33. The van der Waals surface area contributed by atoms with Crippen LogP contribution in [-0.4, -0.2) is 4.43 Å². The van der Waals surface area contributed by atoms with E-state index in [-0.39, 0.29) is 0 Å². The maximum Gasteiger partial charge on any atom is 0.00239 e. The van der Waals surface area contributed by atoms with Crippen LogP contribution >= 0.6 is 22.6 Å². The van der Waals surface area contributed by atoms with E-state index in [2.05, 4.69) is 29.5 Å². The van der Waals surface area contributed by atoms with Gasteiger partial charge >= 0.3 is 0 Å². The van der Waals surface area contributed by atoms with Crippen molar-refractivity contribution >= 4 is 22.6 Å². The molecule has 0 N–H and O–H groups in total. The summed E-state index contributed by atoms with van der Waals surface area (Å²) in [5, 5.41) is 0. The molecule has 1 aliphatic rings. The van der Waals surface area contributed by atoms with Crippen LogP contribution in [0.1, 0.15) is 26.2 Å². The second-order valence-corrected chi connectivity index (χ2v) is 3.65. The molecule has 0 unspecified atom stereocenters. The molecule has 0 aromatic heterocycles. The molecule has 0 aliphatic heterocycles. The molecule has 0 heterocycles. The topological polar surface area (TPSA) is 0 Å². The minimum atomic E-state index is 1.08. The molecule has 0 aromatic rings. The van der Waals surface area contributed by atoms with Gasteiger partial charge in [0, 0.05) is 4.43 Å². The third-order valence-corrected chi connectivity index (χ3v) is 3.37. The van der Waals surface area contributed by atoms with Crippen LogP contribution in [0.5, 0.6) is 0 Å². The summed E-state index contributed by atoms with van der Waals surface area (Å²) in [5.74, 6) is 2.18. The summed E-state index contributed by atoms with van der Waals surface area (Å²) in [6, 6.07) is 0. The molecular weight excluding hydrogens is 211 g/mol. The van der Waals surface area contributed by atoms with Crippen LogP contribution in [0, 0.1) is 11.8 Å². The summed E-state index contributed by atoms with van der Waals surface area (Å²) in [6.45, 7) is 2.30. The Morgan fingerprint density at radius 1 is 1.38 bits per heavy atom. The Hall–Kier alpha value is 0.730. The van der Waals surface area contributed by atoms with Gasteiger partial charge < -0.3 is 0 Å². The molecular formula is C7H13I. The number of hydrogen-bond donors (Lipinski definition) is 0. The van der Waals surface area contributed by atoms with Gasteiger partial charge in [0.15, 0.2) is 0 Å². The average Bonchev–Trinajstić information content (AvgIpc) is 1.65. The van der Waals surface area contributed by atoms with Crippen LogP contribution in [0.2, 0.25) is 0 Å². The maximum absolute atomic E-state index is 2.49. The van der Waals surface area contributed by atoms with Crippen LogP contribution < -0.4 is 0 Å². The Bertz CT molecular complexity index is 56.8. The number of rotatable bonds is 2. The van der Waals surface area contributed by atoms with E-state index in [4.69, 9.17) is 0 Å². The fourth-order valence-corrected chi connectivity index (χ4v) is 2.05. The van der Waals surface area contributed by atoms with Crippen LogP contribution in [0.3, 0.4) is 0 Å². The summed E-state index contributed by atoms with van der Waals surface area (Å²) >= 11 is 2.49. The van der Waals surface area contributed by atoms with Crippen molar-refractivity contribution in [2.45, 2.75) is 26.2 Å². The summed E-state index contributed by atoms with van der Waals surface area (Å²) in [5.41, 5.74) is 0. The van der Waals surface area contributed by atoms with E-state index in [1.165, 1.54) is 23.7 Å². The number of halogens is 1. The minimum absolute atomic E-state index is 1.08. The van der Waals surface area contributed by atoms with Gasteiger partial charge in [0.1, 0.15) is 0 Å². The van der Waals surface area contributed by atoms with E-state index < -0.39 is 0 Å². The highest BCUT2D eigenvalue weighted by Crippen LogP contribution is 2.36. The number of alkyl halides is 1. The van der Waals surface area contributed by atoms with Crippen LogP contribution in [0.25, 0.3) is 0 Å². The molecule has 0 bridgehead atoms. The van der Waals surface area contributed by atoms with Gasteiger partial charge in [-0.2, -0.15) is 0 Å². The van der Waals surface area contributed by atoms with Crippen LogP contribution in [0.15, 0.2) is 0 Å². The second kappa shape index (κ2) is 3.04. The Morgan fingerprint density at radius 3 is 2.38 bits per heavy atom. The fraction of sp³-hybridized carbons (Fsp3) is 1.00. The van der Waals surface area contributed by atoms with E-state index in [9.17, 15) is 0 Å². The van der Waals surface area contributed by atoms with Crippen LogP contribution in [0.4, 0.5) is 0 Å². The van der Waals surface area contributed by atoms with Crippen molar-refractivity contribution in [3.05, 3.63) is 0 Å². The zero-order valence-electron chi connectivity index (χ0n) is 5.36. The fourth-order valence-electron chi connectivity index (χ4n) is 1.33. The molecule has 1 aliphatic carbocycles. The molecule has 0 spiro atoms. The lowest BCUT2D eigenvalue weighted by Crippen LogP contribution is -2.23. The van der Waals surface area contributed by atoms with E-state index in [1.807, 2.05) is 0 Å². The molecule has 0 aromatic carbocycles. The molecule has 1 saturated carbocycles. The van der Waals surface area contributed by atoms with Crippen molar-refractivity contribution in [2.24, 2.45) is 11.8 Å². The lowest BCUT2D eigenvalue weighted by molar-refractivity contribution is 0.213. The molecule has 1 rings (SSSR count). The molecule has 1 fully saturated rings. The minimum Gasteiger partial charge on any atom is -0.0861 e. The van der Waals surface area contributed by atoms with Gasteiger partial charge in [0.05, 0.1) is 0 Å². The first kappa shape index (κ1) is 6.84. The zero-order chi connectivity index (χ0) is 5.98. The smallest absolute Gasteiger partial charge is 0.00239 e. The Kier molecular flexibility index (Phi) is 2.60. The van der Waals surface area contributed by atoms with Crippen molar-refractivity contribution < 1.29 is 0 Å². The molecule has 0 radical (unpaired) electrons. The van der Waals surface area contributed by atoms with Crippen molar-refractivity contribution in [1.29, 1.82) is 0 Å². The first-order valence-corrected chi connectivity index (χ1v) is 4.95. The second-order valence-electron chi connectivity index (χ2n) is 2.77. The van der Waals surface area contributed by atoms with Crippen LogP contribution in [-0.2, 0) is 0 Å². The Balaban J connectivity index is 2.03. The molecule has 0 amide bonds. The highest BCUT2D eigenvalue weighted by molar-refractivity contribution is 14.1. The normalized spacial score (nSPS) is 36.8. The van der Waals surface area contributed by atoms with Gasteiger partial charge in [-0.05, 0) is 24.7 Å². The van der Waals surface area contributed by atoms with E-state index in [1.54, 1.807) is 0 Å². The first-order chi connectivity index (χ1) is 3.86. The molecule has 0 nitrogen and oxygen atoms in total. The van der Waals surface area contributed by atoms with Crippen molar-refractivity contribution in [1.82, 2.24) is 0 Å². The predicted molar refractivity (Wildman–Crippen MR) is 45.4 cm³/mol. The molecule has 0 atom stereocenters. The monoisotopic (exact) mass is 224 g/mol. The van der Waals surface area contributed by atoms with Gasteiger partial charge in [-0.15, -0.1) is 0 Å². The molecule has 0 saturated heterocycles. The van der Waals surface area contributed by atoms with E-state index >= 15 is 0 Å². The summed E-state index contributed by atoms with van der Waals surface area (Å²) in [6.07, 6.45) is 4.44. The highest BCUT2D eigenvalue weighted by Gasteiger charge is 2.25. The molecule has 48 valence electrons. The van der Waals surface area contributed by atoms with Crippen molar-refractivity contribution in [3.63, 3.8) is 0 Å². The lowest BCUT2D eigenvalue weighted by atomic mass is 9.75. The van der Waals surface area contributed by atoms with E-state index in [0.29, 0.717) is 0 Å². The maximum atomic E-state index is 2.49. The Labute approximate surface area is 65.2 Å². The van der Waals surface area contributed by atoms with Gasteiger partial charge in [-0.3, -0.25) is 0 Å². The SMILES string of the molecule is CCC1CC(CI)C1. The largest absolute Gasteiger partial charge is 0.0861 e. The summed E-state index contributed by atoms with van der Waals surface area (Å²) in [7, 11) is 0. The summed E-state index contributed by atoms with van der Waals surface area (Å²) < 4.78 is 1.38. The molecule has 8 heavy (non-hydrogen) atoms. The third kappa shape index (κ3) is 1.36. The van der Waals surface area contributed by atoms with Gasteiger partial charge in [-0.1, -0.05) is 35.9 Å². The first-order valence-electron chi connectivity index (χ1n) is 3.42. The third-order valence-electron chi connectivity index (χ3n) is 2.13. The van der Waals surface area contributed by atoms with Gasteiger partial charge in [0.25, 0.3) is 0 Å². The highest BCUT2D eigenvalue weighted by atomic mass is 127. The van der Waals surface area contributed by atoms with Gasteiger partial charge in [-0.25, -0.2) is 0 Å². The van der Waals surface area contributed by atoms with Crippen molar-refractivity contribution in [2.75, 3.05) is 4.43 Å². The molecule has 1 heteroatoms. The predicted octanol–water partition coefficient (Wildman–Crippen LogP) is 2.86. The van der Waals surface area contributed by atoms with Gasteiger partial charge in [0.2, 0.25) is 0 Å². The average molecular weight is 224 g/mol. The standard InChI is InChI=1S/C7H13I/c1-2-6-3-7(4-6)5-8/h6-7H,2-5H2,1H3. The number of hydrogen-bond acceptors (Lipinski definition) is 0. The van der Waals surface area contributed by atoms with E-state index in [0.717, 1.165) is 11.8 Å². The van der Waals surface area contributed by atoms with Crippen molar-refractivity contribution in [3.8, 4) is 0 Å². The quantitative estimate of drug-likeness (QED) is 0.499. The summed E-state index contributed by atoms with van der Waals surface area (Å²) in [4.78, 5) is 0.